The maximum Gasteiger partial charge on any atom is 0.312 e. The fourth-order valence-corrected chi connectivity index (χ4v) is 1.49. The Morgan fingerprint density at radius 1 is 1.61 bits per heavy atom. The lowest BCUT2D eigenvalue weighted by atomic mass is 10.2. The Bertz CT molecular complexity index is 519. The standard InChI is InChI=1S/C12H12N2O4/c1-8(15)5-9(2)18-12-4-3-10(7-13)6-11(12)14(16)17/h3-4,6,9H,5H2,1-2H3. The van der Waals surface area contributed by atoms with Gasteiger partial charge >= 0.3 is 5.69 Å². The van der Waals surface area contributed by atoms with Gasteiger partial charge in [0, 0.05) is 12.5 Å². The molecule has 0 N–H and O–H groups in total. The molecule has 6 heteroatoms. The van der Waals surface area contributed by atoms with Crippen LogP contribution in [-0.2, 0) is 4.79 Å². The van der Waals surface area contributed by atoms with Gasteiger partial charge in [0.05, 0.1) is 16.6 Å². The molecule has 0 fully saturated rings. The van der Waals surface area contributed by atoms with Crippen molar-refractivity contribution in [3.05, 3.63) is 33.9 Å². The van der Waals surface area contributed by atoms with E-state index in [4.69, 9.17) is 10.00 Å². The van der Waals surface area contributed by atoms with Gasteiger partial charge in [0.25, 0.3) is 0 Å². The predicted molar refractivity (Wildman–Crippen MR) is 63.2 cm³/mol. The summed E-state index contributed by atoms with van der Waals surface area (Å²) in [4.78, 5) is 21.1. The van der Waals surface area contributed by atoms with E-state index >= 15 is 0 Å². The minimum Gasteiger partial charge on any atom is -0.483 e. The molecule has 94 valence electrons. The van der Waals surface area contributed by atoms with Crippen molar-refractivity contribution < 1.29 is 14.5 Å². The third kappa shape index (κ3) is 3.56. The van der Waals surface area contributed by atoms with E-state index in [1.54, 1.807) is 6.92 Å². The first kappa shape index (κ1) is 13.6. The van der Waals surface area contributed by atoms with Crippen LogP contribution in [0.4, 0.5) is 5.69 Å². The molecule has 18 heavy (non-hydrogen) atoms. The molecule has 0 aliphatic heterocycles. The SMILES string of the molecule is CC(=O)CC(C)Oc1ccc(C#N)cc1[N+](=O)[O-]. The number of nitro groups is 1. The van der Waals surface area contributed by atoms with Crippen molar-refractivity contribution in [1.29, 1.82) is 5.26 Å². The van der Waals surface area contributed by atoms with Crippen molar-refractivity contribution >= 4 is 11.5 Å². The largest absolute Gasteiger partial charge is 0.483 e. The highest BCUT2D eigenvalue weighted by Gasteiger charge is 2.18. The van der Waals surface area contributed by atoms with Gasteiger partial charge in [-0.3, -0.25) is 14.9 Å². The van der Waals surface area contributed by atoms with Crippen LogP contribution in [0.15, 0.2) is 18.2 Å². The lowest BCUT2D eigenvalue weighted by Gasteiger charge is -2.13. The van der Waals surface area contributed by atoms with Crippen molar-refractivity contribution in [2.75, 3.05) is 0 Å². The Morgan fingerprint density at radius 3 is 2.78 bits per heavy atom. The van der Waals surface area contributed by atoms with Crippen molar-refractivity contribution in [1.82, 2.24) is 0 Å². The van der Waals surface area contributed by atoms with E-state index in [9.17, 15) is 14.9 Å². The fourth-order valence-electron chi connectivity index (χ4n) is 1.49. The fraction of sp³-hybridized carbons (Fsp3) is 0.333. The normalized spacial score (nSPS) is 11.4. The molecule has 0 heterocycles. The summed E-state index contributed by atoms with van der Waals surface area (Å²) >= 11 is 0. The maximum absolute atomic E-state index is 10.9. The number of Topliss-reactive ketones (excluding diaryl/α,β-unsaturated/α-hetero) is 1. The summed E-state index contributed by atoms with van der Waals surface area (Å²) in [7, 11) is 0. The van der Waals surface area contributed by atoms with Crippen molar-refractivity contribution in [3.63, 3.8) is 0 Å². The molecule has 0 aliphatic rings. The van der Waals surface area contributed by atoms with E-state index in [1.807, 2.05) is 6.07 Å². The Balaban J connectivity index is 2.98. The molecule has 0 saturated carbocycles. The highest BCUT2D eigenvalue weighted by atomic mass is 16.6. The second-order valence-corrected chi connectivity index (χ2v) is 3.89. The van der Waals surface area contributed by atoms with Crippen molar-refractivity contribution in [2.45, 2.75) is 26.4 Å². The quantitative estimate of drug-likeness (QED) is 0.588. The maximum atomic E-state index is 10.9. The number of carbonyl (C=O) groups excluding carboxylic acids is 1. The van der Waals surface area contributed by atoms with E-state index in [0.717, 1.165) is 6.07 Å². The van der Waals surface area contributed by atoms with E-state index in [2.05, 4.69) is 0 Å². The molecule has 0 aromatic heterocycles. The zero-order chi connectivity index (χ0) is 13.7. The number of hydrogen-bond acceptors (Lipinski definition) is 5. The topological polar surface area (TPSA) is 93.2 Å². The van der Waals surface area contributed by atoms with E-state index < -0.39 is 11.0 Å². The van der Waals surface area contributed by atoms with Crippen LogP contribution in [0.3, 0.4) is 0 Å². The monoisotopic (exact) mass is 248 g/mol. The number of hydrogen-bond donors (Lipinski definition) is 0. The summed E-state index contributed by atoms with van der Waals surface area (Å²) in [6, 6.07) is 5.77. The molecule has 0 radical (unpaired) electrons. The Kier molecular flexibility index (Phi) is 4.38. The van der Waals surface area contributed by atoms with Gasteiger partial charge in [-0.2, -0.15) is 5.26 Å². The van der Waals surface area contributed by atoms with Gasteiger partial charge in [-0.25, -0.2) is 0 Å². The third-order valence-electron chi connectivity index (χ3n) is 2.19. The Labute approximate surface area is 104 Å². The number of nitrogens with zero attached hydrogens (tertiary/aromatic N) is 2. The number of nitro benzene ring substituents is 1. The zero-order valence-corrected chi connectivity index (χ0v) is 10.0. The van der Waals surface area contributed by atoms with Gasteiger partial charge < -0.3 is 4.74 Å². The number of nitriles is 1. The molecular formula is C12H12N2O4. The second-order valence-electron chi connectivity index (χ2n) is 3.89. The van der Waals surface area contributed by atoms with Gasteiger partial charge in [-0.1, -0.05) is 0 Å². The van der Waals surface area contributed by atoms with E-state index in [1.165, 1.54) is 19.1 Å². The van der Waals surface area contributed by atoms with Crippen LogP contribution in [-0.4, -0.2) is 16.8 Å². The van der Waals surface area contributed by atoms with Crippen LogP contribution in [0, 0.1) is 21.4 Å². The van der Waals surface area contributed by atoms with Crippen LogP contribution in [0.25, 0.3) is 0 Å². The number of ether oxygens (including phenoxy) is 1. The third-order valence-corrected chi connectivity index (χ3v) is 2.19. The van der Waals surface area contributed by atoms with Gasteiger partial charge in [0.1, 0.15) is 11.9 Å². The number of benzene rings is 1. The first-order valence-electron chi connectivity index (χ1n) is 5.28. The molecule has 1 atom stereocenters. The summed E-state index contributed by atoms with van der Waals surface area (Å²) < 4.78 is 5.35. The summed E-state index contributed by atoms with van der Waals surface area (Å²) in [6.45, 7) is 3.08. The molecule has 1 rings (SSSR count). The van der Waals surface area contributed by atoms with Gasteiger partial charge in [-0.05, 0) is 26.0 Å². The highest BCUT2D eigenvalue weighted by Crippen LogP contribution is 2.29. The van der Waals surface area contributed by atoms with Gasteiger partial charge in [0.2, 0.25) is 0 Å². The Hall–Kier alpha value is -2.42. The van der Waals surface area contributed by atoms with Crippen LogP contribution in [0.5, 0.6) is 5.75 Å². The molecular weight excluding hydrogens is 236 g/mol. The summed E-state index contributed by atoms with van der Waals surface area (Å²) in [5, 5.41) is 19.5. The number of rotatable bonds is 5. The van der Waals surface area contributed by atoms with Gasteiger partial charge in [0.15, 0.2) is 5.75 Å². The smallest absolute Gasteiger partial charge is 0.312 e. The lowest BCUT2D eigenvalue weighted by Crippen LogP contribution is -2.16. The van der Waals surface area contributed by atoms with Crippen molar-refractivity contribution in [2.24, 2.45) is 0 Å². The van der Waals surface area contributed by atoms with Gasteiger partial charge in [-0.15, -0.1) is 0 Å². The molecule has 1 aromatic carbocycles. The van der Waals surface area contributed by atoms with Crippen LogP contribution < -0.4 is 4.74 Å². The van der Waals surface area contributed by atoms with E-state index in [-0.39, 0.29) is 29.2 Å². The molecule has 0 spiro atoms. The zero-order valence-electron chi connectivity index (χ0n) is 10.0. The minimum atomic E-state index is -0.614. The van der Waals surface area contributed by atoms with Crippen LogP contribution >= 0.6 is 0 Å². The summed E-state index contributed by atoms with van der Waals surface area (Å²) in [5.41, 5.74) is -0.0854. The molecule has 0 aliphatic carbocycles. The summed E-state index contributed by atoms with van der Waals surface area (Å²) in [6.07, 6.45) is -0.272. The average molecular weight is 248 g/mol. The highest BCUT2D eigenvalue weighted by molar-refractivity contribution is 5.76. The van der Waals surface area contributed by atoms with Crippen LogP contribution in [0.1, 0.15) is 25.8 Å². The molecule has 0 amide bonds. The molecule has 6 nitrogen and oxygen atoms in total. The molecule has 0 saturated heterocycles. The molecule has 1 aromatic rings. The van der Waals surface area contributed by atoms with Crippen molar-refractivity contribution in [3.8, 4) is 11.8 Å². The lowest BCUT2D eigenvalue weighted by molar-refractivity contribution is -0.386. The predicted octanol–water partition coefficient (Wildman–Crippen LogP) is 2.21. The number of carbonyl (C=O) groups is 1. The Morgan fingerprint density at radius 2 is 2.28 bits per heavy atom. The molecule has 0 bridgehead atoms. The second kappa shape index (κ2) is 5.77. The van der Waals surface area contributed by atoms with Crippen LogP contribution in [0.2, 0.25) is 0 Å². The van der Waals surface area contributed by atoms with E-state index in [0.29, 0.717) is 0 Å². The number of ketones is 1. The summed E-state index contributed by atoms with van der Waals surface area (Å²) in [5.74, 6) is 0.00606. The first-order valence-corrected chi connectivity index (χ1v) is 5.28. The average Bonchev–Trinajstić information content (AvgIpc) is 2.28. The first-order chi connectivity index (χ1) is 8.43. The molecule has 1 unspecified atom stereocenters. The minimum absolute atomic E-state index is 0.0567.